The molecule has 0 spiro atoms. The van der Waals surface area contributed by atoms with E-state index in [1.807, 2.05) is 0 Å². The highest BCUT2D eigenvalue weighted by molar-refractivity contribution is 8.26. The van der Waals surface area contributed by atoms with Crippen LogP contribution in [0.5, 0.6) is 11.5 Å². The zero-order valence-corrected chi connectivity index (χ0v) is 17.0. The van der Waals surface area contributed by atoms with Crippen LogP contribution in [0.1, 0.15) is 18.1 Å². The van der Waals surface area contributed by atoms with E-state index >= 15 is 0 Å². The highest BCUT2D eigenvalue weighted by Gasteiger charge is 2.34. The summed E-state index contributed by atoms with van der Waals surface area (Å²) in [4.78, 5) is 16.4. The van der Waals surface area contributed by atoms with Gasteiger partial charge in [0.15, 0.2) is 17.3 Å². The summed E-state index contributed by atoms with van der Waals surface area (Å²) in [5, 5.41) is 15.0. The molecule has 0 bridgehead atoms. The summed E-state index contributed by atoms with van der Waals surface area (Å²) in [6.45, 7) is 1.84. The molecular formula is C21H17FN4O3S. The summed E-state index contributed by atoms with van der Waals surface area (Å²) in [5.74, 6) is -0.0181. The van der Waals surface area contributed by atoms with Crippen molar-refractivity contribution in [3.05, 3.63) is 65.0 Å². The lowest BCUT2D eigenvalue weighted by Gasteiger charge is -2.20. The van der Waals surface area contributed by atoms with Crippen molar-refractivity contribution in [3.63, 3.8) is 0 Å². The number of hydrogen-bond acceptors (Lipinski definition) is 6. The zero-order chi connectivity index (χ0) is 21.3. The van der Waals surface area contributed by atoms with Gasteiger partial charge in [-0.3, -0.25) is 10.2 Å². The van der Waals surface area contributed by atoms with Crippen LogP contribution < -0.4 is 9.47 Å². The Balaban J connectivity index is 1.58. The largest absolute Gasteiger partial charge is 0.493 e. The molecule has 1 N–H and O–H groups in total. The lowest BCUT2D eigenvalue weighted by atomic mass is 10.1. The molecule has 2 aromatic rings. The van der Waals surface area contributed by atoms with Crippen LogP contribution in [-0.2, 0) is 11.4 Å². The normalized spacial score (nSPS) is 17.0. The predicted octanol–water partition coefficient (Wildman–Crippen LogP) is 4.05. The van der Waals surface area contributed by atoms with Crippen molar-refractivity contribution in [2.75, 3.05) is 7.11 Å². The van der Waals surface area contributed by atoms with E-state index in [1.165, 1.54) is 29.9 Å². The maximum Gasteiger partial charge on any atom is 0.283 e. The number of methoxy groups -OCH3 is 1. The van der Waals surface area contributed by atoms with Crippen LogP contribution in [0.2, 0.25) is 0 Å². The Morgan fingerprint density at radius 3 is 2.80 bits per heavy atom. The fraction of sp³-hybridized carbons (Fsp3) is 0.143. The number of halogens is 1. The van der Waals surface area contributed by atoms with E-state index in [9.17, 15) is 9.18 Å². The van der Waals surface area contributed by atoms with Crippen LogP contribution in [0.3, 0.4) is 0 Å². The van der Waals surface area contributed by atoms with Gasteiger partial charge in [-0.25, -0.2) is 4.39 Å². The van der Waals surface area contributed by atoms with Gasteiger partial charge in [0.1, 0.15) is 12.4 Å². The number of aliphatic imine (C=N–C) groups is 1. The monoisotopic (exact) mass is 424 g/mol. The van der Waals surface area contributed by atoms with E-state index in [0.717, 1.165) is 0 Å². The first kappa shape index (κ1) is 19.8. The lowest BCUT2D eigenvalue weighted by Crippen LogP contribution is -2.35. The summed E-state index contributed by atoms with van der Waals surface area (Å²) in [6.07, 6.45) is 1.56. The number of nitrogens with one attached hydrogen (secondary N) is 1. The Bertz CT molecular complexity index is 1140. The van der Waals surface area contributed by atoms with Gasteiger partial charge in [0.05, 0.1) is 17.7 Å². The molecule has 0 unspecified atom stereocenters. The maximum atomic E-state index is 13.8. The summed E-state index contributed by atoms with van der Waals surface area (Å²) >= 11 is 1.25. The second-order valence-electron chi connectivity index (χ2n) is 6.43. The maximum absolute atomic E-state index is 13.8. The first-order valence-electron chi connectivity index (χ1n) is 8.97. The van der Waals surface area contributed by atoms with Gasteiger partial charge in [-0.15, -0.1) is 0 Å². The van der Waals surface area contributed by atoms with Crippen molar-refractivity contribution in [3.8, 4) is 11.5 Å². The van der Waals surface area contributed by atoms with Crippen LogP contribution >= 0.6 is 11.8 Å². The second kappa shape index (κ2) is 8.11. The van der Waals surface area contributed by atoms with E-state index < -0.39 is 5.91 Å². The molecule has 0 radical (unpaired) electrons. The molecule has 0 aromatic heterocycles. The summed E-state index contributed by atoms with van der Waals surface area (Å²) in [5.41, 5.74) is 1.18. The number of benzene rings is 2. The number of rotatable bonds is 5. The number of thioether (sulfide) groups is 1. The predicted molar refractivity (Wildman–Crippen MR) is 114 cm³/mol. The van der Waals surface area contributed by atoms with Gasteiger partial charge in [0.2, 0.25) is 5.17 Å². The molecule has 0 atom stereocenters. The Labute approximate surface area is 176 Å². The first-order valence-corrected chi connectivity index (χ1v) is 9.79. The molecule has 0 saturated heterocycles. The van der Waals surface area contributed by atoms with Crippen molar-refractivity contribution in [2.45, 2.75) is 13.5 Å². The minimum atomic E-state index is -0.498. The molecule has 7 nitrogen and oxygen atoms in total. The summed E-state index contributed by atoms with van der Waals surface area (Å²) in [7, 11) is 1.49. The van der Waals surface area contributed by atoms with Crippen LogP contribution in [-0.4, -0.2) is 34.1 Å². The number of hydrogen-bond donors (Lipinski definition) is 1. The van der Waals surface area contributed by atoms with Gasteiger partial charge in [0, 0.05) is 5.56 Å². The van der Waals surface area contributed by atoms with Crippen LogP contribution in [0, 0.1) is 11.2 Å². The van der Waals surface area contributed by atoms with Crippen molar-refractivity contribution < 1.29 is 18.7 Å². The van der Waals surface area contributed by atoms with Gasteiger partial charge in [-0.1, -0.05) is 24.3 Å². The standard InChI is InChI=1S/C21H17FN4O3S/c1-12-25-26-19(23)15(20(27)24-21(26)30-12)9-13-7-8-17(18(10-13)28-2)29-11-14-5-3-4-6-16(14)22/h3-10,23H,11H2,1-2H3/b15-9+,23-19?. The minimum absolute atomic E-state index is 0.0341. The van der Waals surface area contributed by atoms with E-state index in [2.05, 4.69) is 10.1 Å². The molecule has 4 rings (SSSR count). The molecule has 9 heteroatoms. The first-order chi connectivity index (χ1) is 14.5. The summed E-state index contributed by atoms with van der Waals surface area (Å²) in [6, 6.07) is 11.5. The molecule has 152 valence electrons. The molecule has 1 amide bonds. The number of ether oxygens (including phenoxy) is 2. The van der Waals surface area contributed by atoms with E-state index in [1.54, 1.807) is 49.4 Å². The highest BCUT2D eigenvalue weighted by atomic mass is 32.2. The van der Waals surface area contributed by atoms with Crippen LogP contribution in [0.15, 0.2) is 58.1 Å². The molecule has 2 aromatic carbocycles. The fourth-order valence-electron chi connectivity index (χ4n) is 2.92. The Hall–Kier alpha value is -3.46. The molecule has 30 heavy (non-hydrogen) atoms. The number of carbonyl (C=O) groups excluding carboxylic acids is 1. The van der Waals surface area contributed by atoms with Crippen molar-refractivity contribution in [1.82, 2.24) is 5.01 Å². The smallest absolute Gasteiger partial charge is 0.283 e. The van der Waals surface area contributed by atoms with Crippen molar-refractivity contribution >= 4 is 39.8 Å². The van der Waals surface area contributed by atoms with E-state index in [-0.39, 0.29) is 23.8 Å². The fourth-order valence-corrected chi connectivity index (χ4v) is 3.65. The lowest BCUT2D eigenvalue weighted by molar-refractivity contribution is -0.114. The molecule has 2 aliphatic heterocycles. The van der Waals surface area contributed by atoms with Gasteiger partial charge in [-0.2, -0.15) is 15.1 Å². The Morgan fingerprint density at radius 1 is 1.23 bits per heavy atom. The number of nitrogens with zero attached hydrogens (tertiary/aromatic N) is 3. The van der Waals surface area contributed by atoms with Gasteiger partial charge < -0.3 is 9.47 Å². The van der Waals surface area contributed by atoms with Gasteiger partial charge >= 0.3 is 0 Å². The van der Waals surface area contributed by atoms with Crippen molar-refractivity contribution in [1.29, 1.82) is 5.41 Å². The third-order valence-electron chi connectivity index (χ3n) is 4.40. The van der Waals surface area contributed by atoms with Crippen molar-refractivity contribution in [2.24, 2.45) is 10.1 Å². The molecule has 2 aliphatic rings. The topological polar surface area (TPSA) is 87.3 Å². The SMILES string of the molecule is COc1cc(/C=C2\C(=N)N3N=C(C)SC3=NC2=O)ccc1OCc1ccccc1F. The van der Waals surface area contributed by atoms with Gasteiger partial charge in [0.25, 0.3) is 5.91 Å². The Morgan fingerprint density at radius 2 is 2.03 bits per heavy atom. The third-order valence-corrected chi connectivity index (χ3v) is 5.22. The van der Waals surface area contributed by atoms with E-state index in [0.29, 0.717) is 32.8 Å². The van der Waals surface area contributed by atoms with Crippen LogP contribution in [0.4, 0.5) is 4.39 Å². The average molecular weight is 424 g/mol. The molecule has 0 fully saturated rings. The number of carbonyl (C=O) groups is 1. The number of amidine groups is 2. The molecular weight excluding hydrogens is 407 g/mol. The summed E-state index contributed by atoms with van der Waals surface area (Å²) < 4.78 is 24.9. The number of amides is 1. The quantitative estimate of drug-likeness (QED) is 0.732. The molecule has 0 saturated carbocycles. The molecule has 0 aliphatic carbocycles. The van der Waals surface area contributed by atoms with E-state index in [4.69, 9.17) is 14.9 Å². The highest BCUT2D eigenvalue weighted by Crippen LogP contribution is 2.32. The number of fused-ring (bicyclic) bond motifs is 1. The average Bonchev–Trinajstić information content (AvgIpc) is 3.11. The third kappa shape index (κ3) is 3.84. The second-order valence-corrected chi connectivity index (χ2v) is 7.59. The van der Waals surface area contributed by atoms with Crippen LogP contribution in [0.25, 0.3) is 6.08 Å². The molecule has 2 heterocycles. The number of hydrazone groups is 1. The minimum Gasteiger partial charge on any atom is -0.493 e. The van der Waals surface area contributed by atoms with Gasteiger partial charge in [-0.05, 0) is 48.5 Å². The Kier molecular flexibility index (Phi) is 5.37. The zero-order valence-electron chi connectivity index (χ0n) is 16.2.